The summed E-state index contributed by atoms with van der Waals surface area (Å²) >= 11 is 0. The first-order chi connectivity index (χ1) is 16.7. The molecule has 5 rings (SSSR count). The molecule has 4 heterocycles. The molecule has 1 aliphatic heterocycles. The first kappa shape index (κ1) is 21.9. The molecule has 0 spiro atoms. The Labute approximate surface area is 196 Å². The number of anilines is 2. The number of nitrogens with two attached hydrogens (primary N) is 1. The molecule has 176 valence electrons. The van der Waals surface area contributed by atoms with Crippen LogP contribution in [-0.2, 0) is 17.8 Å². The molecule has 11 heteroatoms. The van der Waals surface area contributed by atoms with Crippen LogP contribution in [0.25, 0.3) is 17.2 Å². The van der Waals surface area contributed by atoms with Crippen LogP contribution >= 0.6 is 0 Å². The SMILES string of the molecule is COCCOc1cccc2c1CN(CCNc1nc(N)n3nc(-c4ccco4)nc3c1C=N)C2. The highest BCUT2D eigenvalue weighted by Crippen LogP contribution is 2.31. The van der Waals surface area contributed by atoms with Crippen LogP contribution in [0.4, 0.5) is 11.8 Å². The van der Waals surface area contributed by atoms with Crippen LogP contribution in [0.1, 0.15) is 16.7 Å². The molecule has 34 heavy (non-hydrogen) atoms. The van der Waals surface area contributed by atoms with Crippen LogP contribution in [0.2, 0.25) is 0 Å². The number of nitrogens with one attached hydrogen (secondary N) is 2. The van der Waals surface area contributed by atoms with Gasteiger partial charge in [-0.3, -0.25) is 4.90 Å². The van der Waals surface area contributed by atoms with Crippen LogP contribution in [0.15, 0.2) is 41.0 Å². The smallest absolute Gasteiger partial charge is 0.225 e. The average Bonchev–Trinajstić information content (AvgIpc) is 3.59. The van der Waals surface area contributed by atoms with Crippen molar-refractivity contribution in [3.8, 4) is 17.3 Å². The number of nitrogen functional groups attached to an aromatic ring is 1. The molecule has 3 aromatic heterocycles. The quantitative estimate of drug-likeness (QED) is 0.239. The van der Waals surface area contributed by atoms with E-state index in [4.69, 9.17) is 25.0 Å². The van der Waals surface area contributed by atoms with E-state index in [9.17, 15) is 0 Å². The van der Waals surface area contributed by atoms with Crippen LogP contribution in [-0.4, -0.2) is 64.1 Å². The summed E-state index contributed by atoms with van der Waals surface area (Å²) in [6.07, 6.45) is 2.76. The van der Waals surface area contributed by atoms with Crippen molar-refractivity contribution in [2.45, 2.75) is 13.1 Å². The number of fused-ring (bicyclic) bond motifs is 2. The van der Waals surface area contributed by atoms with Crippen molar-refractivity contribution in [3.05, 3.63) is 53.3 Å². The zero-order valence-corrected chi connectivity index (χ0v) is 18.8. The van der Waals surface area contributed by atoms with Gasteiger partial charge in [0.1, 0.15) is 18.2 Å². The number of hydrogen-bond acceptors (Lipinski definition) is 10. The van der Waals surface area contributed by atoms with Gasteiger partial charge in [0.25, 0.3) is 0 Å². The lowest BCUT2D eigenvalue weighted by molar-refractivity contribution is 0.145. The van der Waals surface area contributed by atoms with Gasteiger partial charge in [0.2, 0.25) is 11.8 Å². The number of aromatic nitrogens is 4. The van der Waals surface area contributed by atoms with Gasteiger partial charge in [-0.1, -0.05) is 12.1 Å². The van der Waals surface area contributed by atoms with E-state index in [0.717, 1.165) is 25.4 Å². The highest BCUT2D eigenvalue weighted by molar-refractivity contribution is 5.93. The summed E-state index contributed by atoms with van der Waals surface area (Å²) in [6.45, 7) is 4.14. The summed E-state index contributed by atoms with van der Waals surface area (Å²) in [5, 5.41) is 15.6. The Morgan fingerprint density at radius 2 is 2.12 bits per heavy atom. The van der Waals surface area contributed by atoms with Gasteiger partial charge in [-0.15, -0.1) is 5.10 Å². The molecule has 4 N–H and O–H groups in total. The second kappa shape index (κ2) is 9.49. The molecular weight excluding hydrogens is 436 g/mol. The molecule has 0 fully saturated rings. The van der Waals surface area contributed by atoms with E-state index in [1.54, 1.807) is 25.5 Å². The highest BCUT2D eigenvalue weighted by Gasteiger charge is 2.23. The Hall–Kier alpha value is -3.96. The molecule has 11 nitrogen and oxygen atoms in total. The summed E-state index contributed by atoms with van der Waals surface area (Å²) in [7, 11) is 1.67. The van der Waals surface area contributed by atoms with Gasteiger partial charge in [-0.2, -0.15) is 9.50 Å². The van der Waals surface area contributed by atoms with Crippen molar-refractivity contribution in [2.75, 3.05) is 44.5 Å². The third kappa shape index (κ3) is 4.18. The summed E-state index contributed by atoms with van der Waals surface area (Å²) in [5.41, 5.74) is 9.58. The minimum Gasteiger partial charge on any atom is -0.491 e. The molecule has 0 radical (unpaired) electrons. The lowest BCUT2D eigenvalue weighted by atomic mass is 10.1. The fourth-order valence-corrected chi connectivity index (χ4v) is 4.07. The van der Waals surface area contributed by atoms with E-state index in [-0.39, 0.29) is 5.95 Å². The lowest BCUT2D eigenvalue weighted by Crippen LogP contribution is -2.25. The normalized spacial score (nSPS) is 13.3. The van der Waals surface area contributed by atoms with Crippen molar-refractivity contribution in [3.63, 3.8) is 0 Å². The predicted molar refractivity (Wildman–Crippen MR) is 127 cm³/mol. The van der Waals surface area contributed by atoms with Gasteiger partial charge in [-0.05, 0) is 23.8 Å². The highest BCUT2D eigenvalue weighted by atomic mass is 16.5. The molecule has 4 aromatic rings. The van der Waals surface area contributed by atoms with Gasteiger partial charge < -0.3 is 30.4 Å². The molecule has 1 aliphatic rings. The lowest BCUT2D eigenvalue weighted by Gasteiger charge is -2.16. The number of furan rings is 1. The number of nitrogens with zero attached hydrogens (tertiary/aromatic N) is 5. The van der Waals surface area contributed by atoms with Gasteiger partial charge in [-0.25, -0.2) is 4.98 Å². The van der Waals surface area contributed by atoms with Crippen LogP contribution in [0.5, 0.6) is 5.75 Å². The van der Waals surface area contributed by atoms with Crippen LogP contribution < -0.4 is 15.8 Å². The first-order valence-electron chi connectivity index (χ1n) is 11.0. The summed E-state index contributed by atoms with van der Waals surface area (Å²) in [5.74, 6) is 2.50. The summed E-state index contributed by atoms with van der Waals surface area (Å²) < 4.78 is 17.8. The number of rotatable bonds is 10. The number of hydrogen-bond donors (Lipinski definition) is 3. The van der Waals surface area contributed by atoms with E-state index in [1.165, 1.54) is 21.9 Å². The Morgan fingerprint density at radius 3 is 2.91 bits per heavy atom. The summed E-state index contributed by atoms with van der Waals surface area (Å²) in [6, 6.07) is 9.69. The Bertz CT molecular complexity index is 1300. The second-order valence-electron chi connectivity index (χ2n) is 7.90. The van der Waals surface area contributed by atoms with Crippen molar-refractivity contribution in [1.29, 1.82) is 5.41 Å². The van der Waals surface area contributed by atoms with E-state index in [2.05, 4.69) is 31.3 Å². The van der Waals surface area contributed by atoms with Gasteiger partial charge >= 0.3 is 0 Å². The van der Waals surface area contributed by atoms with Gasteiger partial charge in [0.15, 0.2) is 11.4 Å². The molecule has 0 unspecified atom stereocenters. The molecule has 1 aromatic carbocycles. The molecule has 0 atom stereocenters. The zero-order valence-electron chi connectivity index (χ0n) is 18.8. The Morgan fingerprint density at radius 1 is 1.21 bits per heavy atom. The van der Waals surface area contributed by atoms with E-state index in [0.29, 0.717) is 48.4 Å². The van der Waals surface area contributed by atoms with Crippen molar-refractivity contribution in [2.24, 2.45) is 0 Å². The van der Waals surface area contributed by atoms with Crippen molar-refractivity contribution in [1.82, 2.24) is 24.5 Å². The maximum atomic E-state index is 7.92. The minimum absolute atomic E-state index is 0.180. The fraction of sp³-hybridized carbons (Fsp3) is 0.304. The minimum atomic E-state index is 0.180. The molecule has 0 amide bonds. The molecule has 0 bridgehead atoms. The average molecular weight is 463 g/mol. The summed E-state index contributed by atoms with van der Waals surface area (Å²) in [4.78, 5) is 11.3. The molecular formula is C23H26N8O3. The Kier molecular flexibility index (Phi) is 6.11. The Balaban J connectivity index is 1.27. The largest absolute Gasteiger partial charge is 0.491 e. The van der Waals surface area contributed by atoms with Crippen LogP contribution in [0.3, 0.4) is 0 Å². The number of ether oxygens (including phenoxy) is 2. The number of benzene rings is 1. The van der Waals surface area contributed by atoms with Gasteiger partial charge in [0, 0.05) is 45.1 Å². The maximum absolute atomic E-state index is 7.92. The number of methoxy groups -OCH3 is 1. The van der Waals surface area contributed by atoms with Crippen molar-refractivity contribution >= 4 is 23.6 Å². The predicted octanol–water partition coefficient (Wildman–Crippen LogP) is 2.42. The third-order valence-corrected chi connectivity index (χ3v) is 5.70. The van der Waals surface area contributed by atoms with Crippen LogP contribution in [0, 0.1) is 5.41 Å². The van der Waals surface area contributed by atoms with E-state index >= 15 is 0 Å². The monoisotopic (exact) mass is 462 g/mol. The van der Waals surface area contributed by atoms with Crippen molar-refractivity contribution < 1.29 is 13.9 Å². The molecule has 0 aliphatic carbocycles. The first-order valence-corrected chi connectivity index (χ1v) is 11.0. The topological polar surface area (TPSA) is 140 Å². The zero-order chi connectivity index (χ0) is 23.5. The second-order valence-corrected chi connectivity index (χ2v) is 7.90. The maximum Gasteiger partial charge on any atom is 0.225 e. The standard InChI is InChI=1S/C23H26N8O3/c1-32-10-11-34-18-5-2-4-15-13-30(14-17(15)18)8-7-26-20-16(12-24)22-27-21(19-6-3-9-33-19)29-31(22)23(25)28-20/h2-6,9,12,24,26H,7-8,10-11,13-14H2,1H3,(H2,25,28). The molecule has 0 saturated carbocycles. The van der Waals surface area contributed by atoms with E-state index < -0.39 is 0 Å². The third-order valence-electron chi connectivity index (χ3n) is 5.70. The van der Waals surface area contributed by atoms with E-state index in [1.807, 2.05) is 12.1 Å². The fourth-order valence-electron chi connectivity index (χ4n) is 4.07. The van der Waals surface area contributed by atoms with Gasteiger partial charge in [0.05, 0.1) is 18.4 Å². The molecule has 0 saturated heterocycles.